The van der Waals surface area contributed by atoms with Crippen molar-refractivity contribution in [3.63, 3.8) is 0 Å². The first-order valence-electron chi connectivity index (χ1n) is 10.8. The first-order valence-corrected chi connectivity index (χ1v) is 10.8. The van der Waals surface area contributed by atoms with Crippen LogP contribution in [-0.2, 0) is 9.59 Å². The van der Waals surface area contributed by atoms with Crippen molar-refractivity contribution in [1.29, 1.82) is 0 Å². The van der Waals surface area contributed by atoms with Crippen molar-refractivity contribution < 1.29 is 29.3 Å². The summed E-state index contributed by atoms with van der Waals surface area (Å²) in [6.45, 7) is 0. The van der Waals surface area contributed by atoms with E-state index in [1.165, 1.54) is 0 Å². The minimum atomic E-state index is -1.03. The maximum absolute atomic E-state index is 12.4. The minimum absolute atomic E-state index is 0.0146. The van der Waals surface area contributed by atoms with Crippen molar-refractivity contribution in [2.24, 2.45) is 23.7 Å². The Morgan fingerprint density at radius 2 is 1.09 bits per heavy atom. The van der Waals surface area contributed by atoms with Gasteiger partial charge >= 0.3 is 11.9 Å². The molecule has 2 aliphatic carbocycles. The van der Waals surface area contributed by atoms with E-state index in [2.05, 4.69) is 0 Å². The first-order chi connectivity index (χ1) is 15.9. The van der Waals surface area contributed by atoms with Gasteiger partial charge in [-0.2, -0.15) is 0 Å². The summed E-state index contributed by atoms with van der Waals surface area (Å²) < 4.78 is 10.4. The van der Waals surface area contributed by atoms with Crippen LogP contribution in [0.3, 0.4) is 0 Å². The molecule has 6 heteroatoms. The van der Waals surface area contributed by atoms with Crippen molar-refractivity contribution in [2.45, 2.75) is 6.42 Å². The molecule has 33 heavy (non-hydrogen) atoms. The molecule has 2 N–H and O–H groups in total. The van der Waals surface area contributed by atoms with E-state index in [0.717, 1.165) is 17.5 Å². The van der Waals surface area contributed by atoms with Crippen LogP contribution in [0.4, 0.5) is 0 Å². The molecule has 0 heterocycles. The van der Waals surface area contributed by atoms with E-state index in [1.54, 1.807) is 74.9 Å². The van der Waals surface area contributed by atoms with Crippen LogP contribution >= 0.6 is 0 Å². The van der Waals surface area contributed by atoms with Crippen molar-refractivity contribution in [3.05, 3.63) is 83.0 Å². The van der Waals surface area contributed by atoms with Crippen LogP contribution in [0.25, 0.3) is 12.2 Å². The molecular weight excluding hydrogens is 420 g/mol. The predicted molar refractivity (Wildman–Crippen MR) is 125 cm³/mol. The lowest BCUT2D eigenvalue weighted by molar-refractivity contribution is -0.135. The van der Waals surface area contributed by atoms with Gasteiger partial charge in [-0.1, -0.05) is 36.4 Å². The maximum atomic E-state index is 12.4. The molecule has 2 aromatic rings. The number of allylic oxidation sites excluding steroid dienone is 2. The van der Waals surface area contributed by atoms with E-state index in [4.69, 9.17) is 9.47 Å². The fourth-order valence-corrected chi connectivity index (χ4v) is 5.03. The number of aliphatic carboxylic acids is 2. The molecule has 0 amide bonds. The molecule has 0 aromatic heterocycles. The highest BCUT2D eigenvalue weighted by Crippen LogP contribution is 2.54. The van der Waals surface area contributed by atoms with Gasteiger partial charge in [-0.25, -0.2) is 9.59 Å². The number of hydrogen-bond donors (Lipinski definition) is 2. The van der Waals surface area contributed by atoms with Crippen molar-refractivity contribution >= 4 is 24.1 Å². The van der Waals surface area contributed by atoms with Gasteiger partial charge in [0.1, 0.15) is 11.5 Å². The maximum Gasteiger partial charge on any atom is 0.331 e. The third-order valence-corrected chi connectivity index (χ3v) is 6.55. The molecule has 1 fully saturated rings. The van der Waals surface area contributed by atoms with E-state index in [1.807, 2.05) is 12.2 Å². The van der Waals surface area contributed by atoms with E-state index in [9.17, 15) is 19.8 Å². The van der Waals surface area contributed by atoms with Gasteiger partial charge in [0.15, 0.2) is 0 Å². The zero-order valence-corrected chi connectivity index (χ0v) is 18.5. The number of hydrogen-bond acceptors (Lipinski definition) is 4. The minimum Gasteiger partial charge on any atom is -0.497 e. The molecule has 0 spiro atoms. The van der Waals surface area contributed by atoms with E-state index in [-0.39, 0.29) is 23.0 Å². The highest BCUT2D eigenvalue weighted by atomic mass is 16.5. The molecule has 6 nitrogen and oxygen atoms in total. The fraction of sp³-hybridized carbons (Fsp3) is 0.259. The quantitative estimate of drug-likeness (QED) is 0.448. The number of carboxylic acid groups (broad SMARTS) is 2. The monoisotopic (exact) mass is 446 g/mol. The van der Waals surface area contributed by atoms with Crippen LogP contribution in [0.2, 0.25) is 0 Å². The Kier molecular flexibility index (Phi) is 6.36. The molecular formula is C27H26O6. The second kappa shape index (κ2) is 9.36. The van der Waals surface area contributed by atoms with Crippen LogP contribution in [0, 0.1) is 23.7 Å². The largest absolute Gasteiger partial charge is 0.497 e. The molecule has 4 unspecified atom stereocenters. The Morgan fingerprint density at radius 3 is 1.39 bits per heavy atom. The molecule has 0 aliphatic heterocycles. The van der Waals surface area contributed by atoms with Gasteiger partial charge in [-0.15, -0.1) is 0 Å². The fourth-order valence-electron chi connectivity index (χ4n) is 5.03. The van der Waals surface area contributed by atoms with E-state index < -0.39 is 23.8 Å². The number of benzene rings is 2. The summed E-state index contributed by atoms with van der Waals surface area (Å²) in [5.41, 5.74) is 1.91. The molecule has 1 saturated carbocycles. The Bertz CT molecular complexity index is 1030. The zero-order chi connectivity index (χ0) is 23.5. The van der Waals surface area contributed by atoms with E-state index in [0.29, 0.717) is 11.5 Å². The van der Waals surface area contributed by atoms with Gasteiger partial charge in [0.05, 0.1) is 14.2 Å². The second-order valence-corrected chi connectivity index (χ2v) is 8.36. The summed E-state index contributed by atoms with van der Waals surface area (Å²) in [5.74, 6) is -1.59. The molecule has 0 radical (unpaired) electrons. The molecule has 4 atom stereocenters. The highest BCUT2D eigenvalue weighted by molar-refractivity contribution is 5.96. The first kappa shape index (κ1) is 22.4. The van der Waals surface area contributed by atoms with Gasteiger partial charge in [-0.05, 0) is 65.8 Å². The third-order valence-electron chi connectivity index (χ3n) is 6.55. The normalized spacial score (nSPS) is 24.1. The average Bonchev–Trinajstić information content (AvgIpc) is 3.43. The van der Waals surface area contributed by atoms with Gasteiger partial charge in [0.2, 0.25) is 0 Å². The van der Waals surface area contributed by atoms with Crippen LogP contribution in [-0.4, -0.2) is 36.4 Å². The Morgan fingerprint density at radius 1 is 0.727 bits per heavy atom. The summed E-state index contributed by atoms with van der Waals surface area (Å²) in [4.78, 5) is 24.7. The zero-order valence-electron chi connectivity index (χ0n) is 18.5. The van der Waals surface area contributed by atoms with Crippen molar-refractivity contribution in [3.8, 4) is 11.5 Å². The summed E-state index contributed by atoms with van der Waals surface area (Å²) in [6, 6.07) is 14.3. The van der Waals surface area contributed by atoms with E-state index >= 15 is 0 Å². The SMILES string of the molecule is COc1ccc(C=C(C(=O)O)C2C3C=CC(C3)C2C(=Cc2ccc(OC)cc2)C(=O)O)cc1. The lowest BCUT2D eigenvalue weighted by atomic mass is 9.73. The average molecular weight is 446 g/mol. The Balaban J connectivity index is 1.75. The van der Waals surface area contributed by atoms with Crippen LogP contribution in [0.1, 0.15) is 17.5 Å². The highest BCUT2D eigenvalue weighted by Gasteiger charge is 2.50. The predicted octanol–water partition coefficient (Wildman–Crippen LogP) is 4.78. The number of carbonyl (C=O) groups is 2. The molecule has 170 valence electrons. The lowest BCUT2D eigenvalue weighted by Crippen LogP contribution is -2.29. The van der Waals surface area contributed by atoms with Crippen LogP contribution in [0.5, 0.6) is 11.5 Å². The molecule has 2 aromatic carbocycles. The number of ether oxygens (including phenoxy) is 2. The third kappa shape index (κ3) is 4.55. The summed E-state index contributed by atoms with van der Waals surface area (Å²) in [7, 11) is 3.14. The summed E-state index contributed by atoms with van der Waals surface area (Å²) >= 11 is 0. The van der Waals surface area contributed by atoms with Crippen molar-refractivity contribution in [1.82, 2.24) is 0 Å². The number of rotatable bonds is 8. The van der Waals surface area contributed by atoms with Crippen LogP contribution in [0.15, 0.2) is 71.8 Å². The lowest BCUT2D eigenvalue weighted by Gasteiger charge is -2.29. The number of methoxy groups -OCH3 is 2. The smallest absolute Gasteiger partial charge is 0.331 e. The topological polar surface area (TPSA) is 93.1 Å². The number of carboxylic acids is 2. The van der Waals surface area contributed by atoms with Gasteiger partial charge in [0.25, 0.3) is 0 Å². The summed E-state index contributed by atoms with van der Waals surface area (Å²) in [6.07, 6.45) is 8.12. The molecule has 2 bridgehead atoms. The molecule has 0 saturated heterocycles. The second-order valence-electron chi connectivity index (χ2n) is 8.36. The van der Waals surface area contributed by atoms with Gasteiger partial charge in [-0.3, -0.25) is 0 Å². The summed E-state index contributed by atoms with van der Waals surface area (Å²) in [5, 5.41) is 20.2. The standard InChI is InChI=1S/C27H26O6/c1-32-20-9-3-16(4-10-20)13-22(26(28)29)24-18-7-8-19(15-18)25(24)23(27(30)31)14-17-5-11-21(33-2)12-6-17/h3-14,18-19,24-25H,15H2,1-2H3,(H,28,29)(H,30,31). The van der Waals surface area contributed by atoms with Crippen molar-refractivity contribution in [2.75, 3.05) is 14.2 Å². The van der Waals surface area contributed by atoms with Crippen LogP contribution < -0.4 is 9.47 Å². The number of fused-ring (bicyclic) bond motifs is 2. The Labute approximate surface area is 192 Å². The van der Waals surface area contributed by atoms with Gasteiger partial charge < -0.3 is 19.7 Å². The molecule has 2 aliphatic rings. The Hall–Kier alpha value is -3.80. The van der Waals surface area contributed by atoms with Gasteiger partial charge in [0, 0.05) is 23.0 Å². The molecule has 4 rings (SSSR count).